The highest BCUT2D eigenvalue weighted by Crippen LogP contribution is 2.40. The van der Waals surface area contributed by atoms with Crippen molar-refractivity contribution in [2.24, 2.45) is 0 Å². The maximum Gasteiger partial charge on any atom is 0.417 e. The quantitative estimate of drug-likeness (QED) is 0.672. The second-order valence-corrected chi connectivity index (χ2v) is 6.65. The molecule has 130 valence electrons. The zero-order valence-corrected chi connectivity index (χ0v) is 14.7. The summed E-state index contributed by atoms with van der Waals surface area (Å²) < 4.78 is 45.1. The molecule has 0 amide bonds. The first-order valence-corrected chi connectivity index (χ1v) is 8.39. The highest BCUT2D eigenvalue weighted by atomic mass is 32.2. The molecular formula is C18H20F3NOS. The van der Waals surface area contributed by atoms with Crippen molar-refractivity contribution in [2.75, 3.05) is 21.2 Å². The van der Waals surface area contributed by atoms with Crippen molar-refractivity contribution < 1.29 is 17.9 Å². The van der Waals surface area contributed by atoms with E-state index in [1.54, 1.807) is 13.2 Å². The second-order valence-electron chi connectivity index (χ2n) is 5.67. The molecule has 0 N–H and O–H groups in total. The summed E-state index contributed by atoms with van der Waals surface area (Å²) in [6, 6.07) is 11.7. The predicted octanol–water partition coefficient (Wildman–Crippen LogP) is 5.07. The van der Waals surface area contributed by atoms with Crippen LogP contribution in [0.25, 0.3) is 0 Å². The topological polar surface area (TPSA) is 12.5 Å². The van der Waals surface area contributed by atoms with E-state index in [0.29, 0.717) is 22.8 Å². The van der Waals surface area contributed by atoms with Crippen LogP contribution >= 0.6 is 11.8 Å². The molecule has 0 heterocycles. The van der Waals surface area contributed by atoms with Gasteiger partial charge in [0.1, 0.15) is 5.75 Å². The molecule has 2 rings (SSSR count). The zero-order chi connectivity index (χ0) is 17.7. The Balaban J connectivity index is 2.28. The Kier molecular flexibility index (Phi) is 6.18. The van der Waals surface area contributed by atoms with Crippen LogP contribution in [-0.2, 0) is 18.5 Å². The summed E-state index contributed by atoms with van der Waals surface area (Å²) in [5.41, 5.74) is 1.07. The van der Waals surface area contributed by atoms with Gasteiger partial charge in [0.25, 0.3) is 0 Å². The minimum Gasteiger partial charge on any atom is -0.497 e. The van der Waals surface area contributed by atoms with E-state index in [2.05, 4.69) is 0 Å². The van der Waals surface area contributed by atoms with Crippen molar-refractivity contribution in [3.63, 3.8) is 0 Å². The van der Waals surface area contributed by atoms with Crippen LogP contribution in [0.1, 0.15) is 16.7 Å². The molecule has 0 bridgehead atoms. The molecule has 6 heteroatoms. The Bertz CT molecular complexity index is 669. The summed E-state index contributed by atoms with van der Waals surface area (Å²) in [5.74, 6) is 1.20. The fourth-order valence-electron chi connectivity index (χ4n) is 2.32. The number of ether oxygens (including phenoxy) is 1. The summed E-state index contributed by atoms with van der Waals surface area (Å²) in [6.07, 6.45) is -4.36. The average molecular weight is 355 g/mol. The third-order valence-corrected chi connectivity index (χ3v) is 4.68. The lowest BCUT2D eigenvalue weighted by atomic mass is 10.1. The summed E-state index contributed by atoms with van der Waals surface area (Å²) in [5, 5.41) is 0. The number of methoxy groups -OCH3 is 1. The molecule has 0 aliphatic rings. The molecule has 0 aromatic heterocycles. The molecule has 0 spiro atoms. The number of benzene rings is 2. The number of alkyl halides is 3. The largest absolute Gasteiger partial charge is 0.497 e. The molecule has 24 heavy (non-hydrogen) atoms. The van der Waals surface area contributed by atoms with Crippen molar-refractivity contribution in [3.05, 3.63) is 59.2 Å². The Morgan fingerprint density at radius 3 is 2.25 bits per heavy atom. The molecule has 0 saturated carbocycles. The summed E-state index contributed by atoms with van der Waals surface area (Å²) >= 11 is 1.22. The zero-order valence-electron chi connectivity index (χ0n) is 13.9. The highest BCUT2D eigenvalue weighted by Gasteiger charge is 2.34. The first kappa shape index (κ1) is 18.7. The van der Waals surface area contributed by atoms with Crippen molar-refractivity contribution in [1.82, 2.24) is 4.90 Å². The Hall–Kier alpha value is -1.66. The van der Waals surface area contributed by atoms with Gasteiger partial charge in [-0.25, -0.2) is 0 Å². The van der Waals surface area contributed by atoms with Crippen LogP contribution in [0.4, 0.5) is 13.2 Å². The highest BCUT2D eigenvalue weighted by molar-refractivity contribution is 7.98. The number of halogens is 3. The van der Waals surface area contributed by atoms with Gasteiger partial charge < -0.3 is 9.64 Å². The minimum atomic E-state index is -4.36. The minimum absolute atomic E-state index is 0.300. The number of thioether (sulfide) groups is 1. The van der Waals surface area contributed by atoms with Gasteiger partial charge >= 0.3 is 6.18 Å². The Labute approximate surface area is 144 Å². The molecular weight excluding hydrogens is 335 g/mol. The molecule has 2 nitrogen and oxygen atoms in total. The fourth-order valence-corrected chi connectivity index (χ4v) is 3.48. The molecule has 2 aromatic rings. The van der Waals surface area contributed by atoms with Gasteiger partial charge in [-0.15, -0.1) is 11.8 Å². The molecule has 0 saturated heterocycles. The molecule has 0 aliphatic heterocycles. The van der Waals surface area contributed by atoms with E-state index in [0.717, 1.165) is 17.4 Å². The van der Waals surface area contributed by atoms with E-state index in [9.17, 15) is 13.2 Å². The van der Waals surface area contributed by atoms with Gasteiger partial charge in [-0.05, 0) is 43.4 Å². The van der Waals surface area contributed by atoms with Crippen molar-refractivity contribution in [3.8, 4) is 5.75 Å². The lowest BCUT2D eigenvalue weighted by Gasteiger charge is -2.19. The summed E-state index contributed by atoms with van der Waals surface area (Å²) in [7, 11) is 5.27. The monoisotopic (exact) mass is 355 g/mol. The van der Waals surface area contributed by atoms with E-state index < -0.39 is 11.7 Å². The van der Waals surface area contributed by atoms with Crippen molar-refractivity contribution >= 4 is 11.8 Å². The predicted molar refractivity (Wildman–Crippen MR) is 91.4 cm³/mol. The maximum absolute atomic E-state index is 13.3. The van der Waals surface area contributed by atoms with Crippen LogP contribution in [0.15, 0.2) is 47.4 Å². The van der Waals surface area contributed by atoms with Crippen LogP contribution in [0.5, 0.6) is 5.75 Å². The van der Waals surface area contributed by atoms with Crippen LogP contribution in [0.2, 0.25) is 0 Å². The Morgan fingerprint density at radius 1 is 1.04 bits per heavy atom. The van der Waals surface area contributed by atoms with Gasteiger partial charge in [0.05, 0.1) is 12.7 Å². The van der Waals surface area contributed by atoms with Crippen LogP contribution in [-0.4, -0.2) is 26.1 Å². The SMILES string of the molecule is COc1ccc(CSc2c(CN(C)C)cccc2C(F)(F)F)cc1. The van der Waals surface area contributed by atoms with E-state index in [-0.39, 0.29) is 0 Å². The molecule has 2 aromatic carbocycles. The van der Waals surface area contributed by atoms with E-state index in [1.165, 1.54) is 17.8 Å². The third kappa shape index (κ3) is 4.92. The normalized spacial score (nSPS) is 11.8. The van der Waals surface area contributed by atoms with Crippen LogP contribution in [0, 0.1) is 0 Å². The van der Waals surface area contributed by atoms with Gasteiger partial charge in [0, 0.05) is 17.2 Å². The third-order valence-electron chi connectivity index (χ3n) is 3.43. The first-order valence-electron chi connectivity index (χ1n) is 7.41. The molecule has 0 atom stereocenters. The maximum atomic E-state index is 13.3. The first-order chi connectivity index (χ1) is 11.3. The second kappa shape index (κ2) is 7.94. The van der Waals surface area contributed by atoms with Gasteiger partial charge in [-0.1, -0.05) is 24.3 Å². The number of nitrogens with zero attached hydrogens (tertiary/aromatic N) is 1. The fraction of sp³-hybridized carbons (Fsp3) is 0.333. The number of hydrogen-bond donors (Lipinski definition) is 0. The van der Waals surface area contributed by atoms with E-state index in [4.69, 9.17) is 4.74 Å². The van der Waals surface area contributed by atoms with Gasteiger partial charge in [0.15, 0.2) is 0 Å². The van der Waals surface area contributed by atoms with E-state index >= 15 is 0 Å². The standard InChI is InChI=1S/C18H20F3NOS/c1-22(2)11-14-5-4-6-16(18(19,20)21)17(14)24-12-13-7-9-15(23-3)10-8-13/h4-10H,11-12H2,1-3H3. The lowest BCUT2D eigenvalue weighted by molar-refractivity contribution is -0.139. The average Bonchev–Trinajstić information content (AvgIpc) is 2.52. The van der Waals surface area contributed by atoms with Crippen molar-refractivity contribution in [1.29, 1.82) is 0 Å². The molecule has 0 radical (unpaired) electrons. The van der Waals surface area contributed by atoms with Gasteiger partial charge in [0.2, 0.25) is 0 Å². The van der Waals surface area contributed by atoms with Gasteiger partial charge in [-0.3, -0.25) is 0 Å². The van der Waals surface area contributed by atoms with Gasteiger partial charge in [-0.2, -0.15) is 13.2 Å². The lowest BCUT2D eigenvalue weighted by Crippen LogP contribution is -2.14. The number of rotatable bonds is 6. The molecule has 0 unspecified atom stereocenters. The smallest absolute Gasteiger partial charge is 0.417 e. The molecule has 0 aliphatic carbocycles. The van der Waals surface area contributed by atoms with Crippen LogP contribution in [0.3, 0.4) is 0 Å². The summed E-state index contributed by atoms with van der Waals surface area (Å²) in [6.45, 7) is 0.467. The Morgan fingerprint density at radius 2 is 1.71 bits per heavy atom. The van der Waals surface area contributed by atoms with E-state index in [1.807, 2.05) is 43.3 Å². The number of hydrogen-bond acceptors (Lipinski definition) is 3. The van der Waals surface area contributed by atoms with Crippen LogP contribution < -0.4 is 4.74 Å². The van der Waals surface area contributed by atoms with Crippen molar-refractivity contribution in [2.45, 2.75) is 23.4 Å². The molecule has 0 fully saturated rings. The summed E-state index contributed by atoms with van der Waals surface area (Å²) in [4.78, 5) is 2.17.